The molecule has 0 fully saturated rings. The lowest BCUT2D eigenvalue weighted by Gasteiger charge is -2.27. The summed E-state index contributed by atoms with van der Waals surface area (Å²) < 4.78 is 0. The molecule has 3 heterocycles. The van der Waals surface area contributed by atoms with Crippen molar-refractivity contribution in [1.82, 2.24) is 30.4 Å². The molecule has 0 radical (unpaired) electrons. The molecule has 0 bridgehead atoms. The molecule has 2 aromatic heterocycles. The van der Waals surface area contributed by atoms with Crippen LogP contribution in [-0.4, -0.2) is 83.2 Å². The van der Waals surface area contributed by atoms with Gasteiger partial charge in [-0.15, -0.1) is 11.3 Å². The fourth-order valence-electron chi connectivity index (χ4n) is 3.29. The molecule has 182 valence electrons. The highest BCUT2D eigenvalue weighted by molar-refractivity contribution is 7.13. The molecule has 2 atom stereocenters. The molecule has 13 heteroatoms. The normalized spacial score (nSPS) is 15.0. The second-order valence-corrected chi connectivity index (χ2v) is 9.66. The van der Waals surface area contributed by atoms with Gasteiger partial charge >= 0.3 is 11.8 Å². The van der Waals surface area contributed by atoms with E-state index in [-0.39, 0.29) is 10.8 Å². The first-order valence-corrected chi connectivity index (χ1v) is 11.7. The number of carbonyl (C=O) groups excluding carboxylic acids is 4. The molecule has 4 amide bonds. The van der Waals surface area contributed by atoms with Crippen LogP contribution in [0.1, 0.15) is 27.3 Å². The molecule has 3 N–H and O–H groups in total. The molecule has 0 aliphatic carbocycles. The summed E-state index contributed by atoms with van der Waals surface area (Å²) in [4.78, 5) is 63.1. The third kappa shape index (κ3) is 6.27. The predicted molar refractivity (Wildman–Crippen MR) is 128 cm³/mol. The minimum absolute atomic E-state index is 0.143. The predicted octanol–water partition coefficient (Wildman–Crippen LogP) is 0.509. The van der Waals surface area contributed by atoms with E-state index in [9.17, 15) is 19.2 Å². The van der Waals surface area contributed by atoms with Crippen LogP contribution in [0, 0.1) is 0 Å². The van der Waals surface area contributed by atoms with Gasteiger partial charge in [0.25, 0.3) is 5.91 Å². The lowest BCUT2D eigenvalue weighted by Crippen LogP contribution is -2.58. The average Bonchev–Trinajstić information content (AvgIpc) is 3.21. The number of hydrogen-bond donors (Lipinski definition) is 3. The Morgan fingerprint density at radius 1 is 1.18 bits per heavy atom. The number of likely N-dealkylation sites (N-methyl/N-ethyl adjacent to an activating group) is 2. The summed E-state index contributed by atoms with van der Waals surface area (Å²) in [6.07, 6.45) is 2.13. The van der Waals surface area contributed by atoms with E-state index in [1.807, 2.05) is 7.05 Å². The fraction of sp³-hybridized carbons (Fsp3) is 0.429. The van der Waals surface area contributed by atoms with Gasteiger partial charge in [-0.1, -0.05) is 11.6 Å². The van der Waals surface area contributed by atoms with Crippen molar-refractivity contribution in [3.05, 3.63) is 38.9 Å². The number of hydrogen-bond acceptors (Lipinski definition) is 8. The Labute approximate surface area is 205 Å². The van der Waals surface area contributed by atoms with Crippen molar-refractivity contribution in [3.8, 4) is 0 Å². The zero-order valence-electron chi connectivity index (χ0n) is 19.2. The van der Waals surface area contributed by atoms with Crippen molar-refractivity contribution in [1.29, 1.82) is 0 Å². The SMILES string of the molecule is C[C@@H](NC(=O)C(=O)Nc1ccc(Cl)cn1)[C@H](NC(=O)c1nc2c(s1)CCN(C)C2)C(=O)N(C)C. The molecule has 2 aromatic rings. The van der Waals surface area contributed by atoms with Crippen molar-refractivity contribution in [3.63, 3.8) is 0 Å². The molecular weight excluding hydrogens is 482 g/mol. The molecule has 0 saturated carbocycles. The number of carbonyl (C=O) groups is 4. The number of nitrogens with zero attached hydrogens (tertiary/aromatic N) is 4. The highest BCUT2D eigenvalue weighted by atomic mass is 35.5. The summed E-state index contributed by atoms with van der Waals surface area (Å²) in [7, 11) is 5.05. The van der Waals surface area contributed by atoms with E-state index in [0.29, 0.717) is 11.6 Å². The van der Waals surface area contributed by atoms with Crippen LogP contribution in [0.4, 0.5) is 5.82 Å². The summed E-state index contributed by atoms with van der Waals surface area (Å²) >= 11 is 7.06. The number of aromatic nitrogens is 2. The number of nitrogens with one attached hydrogen (secondary N) is 3. The molecule has 0 saturated heterocycles. The summed E-state index contributed by atoms with van der Waals surface area (Å²) in [5, 5.41) is 8.11. The minimum Gasteiger partial charge on any atom is -0.347 e. The number of halogens is 1. The Balaban J connectivity index is 1.68. The largest absolute Gasteiger partial charge is 0.347 e. The Kier molecular flexibility index (Phi) is 8.18. The standard InChI is InChI=1S/C21H26ClN7O4S/c1-11(24-17(30)18(31)26-15-6-5-12(22)9-23-15)16(21(33)28(2)3)27-19(32)20-25-13-10-29(4)8-7-14(13)34-20/h5-6,9,11,16H,7-8,10H2,1-4H3,(H,24,30)(H,27,32)(H,23,26,31)/t11-,16+/m1/s1. The van der Waals surface area contributed by atoms with Crippen LogP contribution in [0.15, 0.2) is 18.3 Å². The topological polar surface area (TPSA) is 137 Å². The summed E-state index contributed by atoms with van der Waals surface area (Å²) in [6.45, 7) is 3.07. The maximum Gasteiger partial charge on any atom is 0.314 e. The third-order valence-electron chi connectivity index (χ3n) is 5.14. The second kappa shape index (κ2) is 10.9. The van der Waals surface area contributed by atoms with Gasteiger partial charge in [-0.25, -0.2) is 9.97 Å². The lowest BCUT2D eigenvalue weighted by atomic mass is 10.1. The molecule has 3 rings (SSSR count). The molecule has 1 aliphatic heterocycles. The zero-order valence-corrected chi connectivity index (χ0v) is 20.8. The molecule has 1 aliphatic rings. The van der Waals surface area contributed by atoms with Crippen LogP contribution in [0.3, 0.4) is 0 Å². The van der Waals surface area contributed by atoms with Gasteiger partial charge in [0.15, 0.2) is 5.01 Å². The number of thiazole rings is 1. The van der Waals surface area contributed by atoms with Crippen molar-refractivity contribution in [2.45, 2.75) is 32.0 Å². The summed E-state index contributed by atoms with van der Waals surface area (Å²) in [5.41, 5.74) is 0.855. The maximum absolute atomic E-state index is 12.9. The third-order valence-corrected chi connectivity index (χ3v) is 6.52. The molecule has 34 heavy (non-hydrogen) atoms. The Hall–Kier alpha value is -3.09. The van der Waals surface area contributed by atoms with E-state index >= 15 is 0 Å². The quantitative estimate of drug-likeness (QED) is 0.484. The van der Waals surface area contributed by atoms with Crippen LogP contribution in [0.5, 0.6) is 0 Å². The first-order valence-electron chi connectivity index (χ1n) is 10.5. The van der Waals surface area contributed by atoms with Crippen LogP contribution >= 0.6 is 22.9 Å². The minimum atomic E-state index is -1.11. The van der Waals surface area contributed by atoms with Crippen LogP contribution < -0.4 is 16.0 Å². The lowest BCUT2D eigenvalue weighted by molar-refractivity contribution is -0.137. The molecule has 0 unspecified atom stereocenters. The van der Waals surface area contributed by atoms with Gasteiger partial charge < -0.3 is 25.8 Å². The summed E-state index contributed by atoms with van der Waals surface area (Å²) in [6, 6.07) is 0.953. The second-order valence-electron chi connectivity index (χ2n) is 8.14. The van der Waals surface area contributed by atoms with Gasteiger partial charge in [-0.2, -0.15) is 0 Å². The molecule has 0 spiro atoms. The van der Waals surface area contributed by atoms with Gasteiger partial charge in [0.05, 0.1) is 16.8 Å². The number of anilines is 1. The van der Waals surface area contributed by atoms with Crippen LogP contribution in [0.25, 0.3) is 0 Å². The van der Waals surface area contributed by atoms with Crippen molar-refractivity contribution in [2.24, 2.45) is 0 Å². The van der Waals surface area contributed by atoms with Crippen LogP contribution in [-0.2, 0) is 27.3 Å². The van der Waals surface area contributed by atoms with Crippen molar-refractivity contribution < 1.29 is 19.2 Å². The zero-order chi connectivity index (χ0) is 25.0. The Bertz CT molecular complexity index is 1090. The number of rotatable bonds is 6. The van der Waals surface area contributed by atoms with Gasteiger partial charge in [-0.05, 0) is 32.5 Å². The maximum atomic E-state index is 12.9. The van der Waals surface area contributed by atoms with Gasteiger partial charge in [0, 0.05) is 38.3 Å². The van der Waals surface area contributed by atoms with Crippen molar-refractivity contribution >= 4 is 52.4 Å². The average molecular weight is 508 g/mol. The van der Waals surface area contributed by atoms with Crippen LogP contribution in [0.2, 0.25) is 5.02 Å². The van der Waals surface area contributed by atoms with E-state index < -0.39 is 35.7 Å². The fourth-order valence-corrected chi connectivity index (χ4v) is 4.36. The Morgan fingerprint density at radius 3 is 2.56 bits per heavy atom. The van der Waals surface area contributed by atoms with E-state index in [1.54, 1.807) is 0 Å². The van der Waals surface area contributed by atoms with Gasteiger partial charge in [0.2, 0.25) is 5.91 Å². The van der Waals surface area contributed by atoms with Gasteiger partial charge in [0.1, 0.15) is 11.9 Å². The highest BCUT2D eigenvalue weighted by Gasteiger charge is 2.32. The number of pyridine rings is 1. The number of fused-ring (bicyclic) bond motifs is 1. The number of amides is 4. The molecule has 0 aromatic carbocycles. The highest BCUT2D eigenvalue weighted by Crippen LogP contribution is 2.24. The molecular formula is C21H26ClN7O4S. The molecule has 11 nitrogen and oxygen atoms in total. The van der Waals surface area contributed by atoms with E-state index in [0.717, 1.165) is 23.5 Å². The first kappa shape index (κ1) is 25.5. The smallest absolute Gasteiger partial charge is 0.314 e. The Morgan fingerprint density at radius 2 is 1.91 bits per heavy atom. The first-order chi connectivity index (χ1) is 16.0. The van der Waals surface area contributed by atoms with E-state index in [2.05, 4.69) is 30.8 Å². The van der Waals surface area contributed by atoms with Gasteiger partial charge in [-0.3, -0.25) is 19.2 Å². The van der Waals surface area contributed by atoms with Crippen molar-refractivity contribution in [2.75, 3.05) is 33.0 Å². The van der Waals surface area contributed by atoms with E-state index in [1.165, 1.54) is 55.6 Å². The van der Waals surface area contributed by atoms with E-state index in [4.69, 9.17) is 11.6 Å². The summed E-state index contributed by atoms with van der Waals surface area (Å²) in [5.74, 6) is -2.77. The monoisotopic (exact) mass is 507 g/mol.